The molecule has 0 unspecified atom stereocenters. The van der Waals surface area contributed by atoms with Crippen molar-refractivity contribution in [3.63, 3.8) is 0 Å². The van der Waals surface area contributed by atoms with E-state index in [1.54, 1.807) is 30.3 Å². The van der Waals surface area contributed by atoms with Crippen molar-refractivity contribution in [1.82, 2.24) is 0 Å². The van der Waals surface area contributed by atoms with E-state index in [1.165, 1.54) is 18.2 Å². The van der Waals surface area contributed by atoms with Crippen LogP contribution in [0, 0.1) is 0 Å². The maximum absolute atomic E-state index is 12.2. The Hall–Kier alpha value is -2.06. The van der Waals surface area contributed by atoms with Gasteiger partial charge in [0.2, 0.25) is 0 Å². The fourth-order valence-electron chi connectivity index (χ4n) is 1.63. The normalized spacial score (nSPS) is 10.9. The maximum atomic E-state index is 12.2. The number of nitrogens with two attached hydrogens (primary N) is 1. The molecular formula is C13H12BrN3O3S. The van der Waals surface area contributed by atoms with Crippen LogP contribution in [-0.2, 0) is 10.0 Å². The summed E-state index contributed by atoms with van der Waals surface area (Å²) in [5.74, 6) is 0. The fraction of sp³-hybridized carbons (Fsp3) is 0. The number of amides is 2. The molecule has 0 aromatic heterocycles. The Morgan fingerprint density at radius 3 is 2.29 bits per heavy atom. The molecule has 2 aromatic carbocycles. The predicted molar refractivity (Wildman–Crippen MR) is 84.6 cm³/mol. The zero-order valence-electron chi connectivity index (χ0n) is 10.7. The molecule has 0 bridgehead atoms. The van der Waals surface area contributed by atoms with Crippen molar-refractivity contribution in [2.45, 2.75) is 4.90 Å². The molecule has 2 aromatic rings. The molecule has 6 nitrogen and oxygen atoms in total. The highest BCUT2D eigenvalue weighted by molar-refractivity contribution is 9.10. The molecule has 0 radical (unpaired) electrons. The van der Waals surface area contributed by atoms with Crippen LogP contribution in [0.3, 0.4) is 0 Å². The Morgan fingerprint density at radius 1 is 1.05 bits per heavy atom. The van der Waals surface area contributed by atoms with Gasteiger partial charge in [-0.2, -0.15) is 0 Å². The van der Waals surface area contributed by atoms with Crippen LogP contribution < -0.4 is 15.8 Å². The van der Waals surface area contributed by atoms with E-state index in [0.29, 0.717) is 11.4 Å². The number of urea groups is 1. The number of sulfonamides is 1. The number of anilines is 2. The lowest BCUT2D eigenvalue weighted by Gasteiger charge is -2.09. The fourth-order valence-corrected chi connectivity index (χ4v) is 2.94. The number of carbonyl (C=O) groups excluding carboxylic acids is 1. The number of rotatable bonds is 4. The molecule has 0 saturated carbocycles. The summed E-state index contributed by atoms with van der Waals surface area (Å²) in [4.78, 5) is 10.9. The van der Waals surface area contributed by atoms with Gasteiger partial charge in [0.25, 0.3) is 10.0 Å². The van der Waals surface area contributed by atoms with Crippen molar-refractivity contribution in [2.75, 3.05) is 10.0 Å². The minimum atomic E-state index is -3.69. The first-order valence-corrected chi connectivity index (χ1v) is 8.09. The van der Waals surface area contributed by atoms with Gasteiger partial charge in [-0.25, -0.2) is 13.2 Å². The van der Waals surface area contributed by atoms with Crippen molar-refractivity contribution in [3.8, 4) is 0 Å². The van der Waals surface area contributed by atoms with Gasteiger partial charge in [0.1, 0.15) is 0 Å². The molecule has 0 fully saturated rings. The number of hydrogen-bond acceptors (Lipinski definition) is 3. The lowest BCUT2D eigenvalue weighted by atomic mass is 10.3. The van der Waals surface area contributed by atoms with Crippen molar-refractivity contribution >= 4 is 43.4 Å². The summed E-state index contributed by atoms with van der Waals surface area (Å²) in [6.07, 6.45) is 0. The van der Waals surface area contributed by atoms with Gasteiger partial charge < -0.3 is 11.1 Å². The smallest absolute Gasteiger partial charge is 0.316 e. The number of halogens is 1. The summed E-state index contributed by atoms with van der Waals surface area (Å²) < 4.78 is 27.6. The molecule has 0 aliphatic rings. The molecule has 0 spiro atoms. The molecule has 110 valence electrons. The molecule has 0 aliphatic carbocycles. The second-order valence-corrected chi connectivity index (χ2v) is 6.73. The van der Waals surface area contributed by atoms with Crippen LogP contribution in [0.1, 0.15) is 0 Å². The molecule has 0 saturated heterocycles. The molecule has 0 atom stereocenters. The van der Waals surface area contributed by atoms with Gasteiger partial charge in [-0.3, -0.25) is 4.72 Å². The summed E-state index contributed by atoms with van der Waals surface area (Å²) in [6.45, 7) is 0. The molecular weight excluding hydrogens is 358 g/mol. The quantitative estimate of drug-likeness (QED) is 0.771. The second kappa shape index (κ2) is 6.15. The highest BCUT2D eigenvalue weighted by Gasteiger charge is 2.14. The van der Waals surface area contributed by atoms with Gasteiger partial charge in [-0.05, 0) is 42.5 Å². The van der Waals surface area contributed by atoms with Crippen molar-refractivity contribution in [3.05, 3.63) is 53.0 Å². The van der Waals surface area contributed by atoms with E-state index in [9.17, 15) is 13.2 Å². The monoisotopic (exact) mass is 369 g/mol. The van der Waals surface area contributed by atoms with E-state index >= 15 is 0 Å². The topological polar surface area (TPSA) is 101 Å². The Labute approximate surface area is 130 Å². The number of carbonyl (C=O) groups is 1. The lowest BCUT2D eigenvalue weighted by Crippen LogP contribution is -2.19. The van der Waals surface area contributed by atoms with E-state index in [-0.39, 0.29) is 4.90 Å². The number of hydrogen-bond donors (Lipinski definition) is 3. The second-order valence-electron chi connectivity index (χ2n) is 4.13. The maximum Gasteiger partial charge on any atom is 0.316 e. The highest BCUT2D eigenvalue weighted by Crippen LogP contribution is 2.20. The first-order valence-electron chi connectivity index (χ1n) is 5.82. The Balaban J connectivity index is 2.24. The summed E-state index contributed by atoms with van der Waals surface area (Å²) in [6, 6.07) is 11.8. The van der Waals surface area contributed by atoms with Crippen LogP contribution in [0.4, 0.5) is 16.2 Å². The van der Waals surface area contributed by atoms with E-state index in [1.807, 2.05) is 0 Å². The lowest BCUT2D eigenvalue weighted by molar-refractivity contribution is 0.259. The average molecular weight is 370 g/mol. The molecule has 2 amide bonds. The van der Waals surface area contributed by atoms with Crippen molar-refractivity contribution in [2.24, 2.45) is 5.73 Å². The van der Waals surface area contributed by atoms with Crippen molar-refractivity contribution in [1.29, 1.82) is 0 Å². The predicted octanol–water partition coefficient (Wildman–Crippen LogP) is 2.74. The minimum absolute atomic E-state index is 0.138. The van der Waals surface area contributed by atoms with Gasteiger partial charge in [0, 0.05) is 10.2 Å². The highest BCUT2D eigenvalue weighted by atomic mass is 79.9. The van der Waals surface area contributed by atoms with E-state index < -0.39 is 16.1 Å². The molecule has 21 heavy (non-hydrogen) atoms. The Kier molecular flexibility index (Phi) is 4.49. The number of nitrogens with one attached hydrogen (secondary N) is 2. The first-order chi connectivity index (χ1) is 9.87. The molecule has 4 N–H and O–H groups in total. The zero-order valence-corrected chi connectivity index (χ0v) is 13.1. The van der Waals surface area contributed by atoms with Gasteiger partial charge in [-0.15, -0.1) is 0 Å². The molecule has 0 aliphatic heterocycles. The van der Waals surface area contributed by atoms with Crippen LogP contribution in [0.5, 0.6) is 0 Å². The average Bonchev–Trinajstić information content (AvgIpc) is 2.38. The van der Waals surface area contributed by atoms with Gasteiger partial charge in [0.15, 0.2) is 0 Å². The summed E-state index contributed by atoms with van der Waals surface area (Å²) in [5.41, 5.74) is 5.74. The van der Waals surface area contributed by atoms with Crippen LogP contribution >= 0.6 is 15.9 Å². The van der Waals surface area contributed by atoms with Gasteiger partial charge >= 0.3 is 6.03 Å². The first kappa shape index (κ1) is 15.3. The summed E-state index contributed by atoms with van der Waals surface area (Å²) >= 11 is 3.24. The Bertz CT molecular complexity index is 760. The summed E-state index contributed by atoms with van der Waals surface area (Å²) in [7, 11) is -3.69. The van der Waals surface area contributed by atoms with Crippen LogP contribution in [0.15, 0.2) is 57.9 Å². The van der Waals surface area contributed by atoms with Crippen molar-refractivity contribution < 1.29 is 13.2 Å². The van der Waals surface area contributed by atoms with Gasteiger partial charge in [-0.1, -0.05) is 22.0 Å². The Morgan fingerprint density at radius 2 is 1.67 bits per heavy atom. The zero-order chi connectivity index (χ0) is 15.5. The van der Waals surface area contributed by atoms with E-state index in [4.69, 9.17) is 5.73 Å². The van der Waals surface area contributed by atoms with Crippen LogP contribution in [-0.4, -0.2) is 14.4 Å². The SMILES string of the molecule is NC(=O)Nc1cccc(NS(=O)(=O)c2ccc(Br)cc2)c1. The minimum Gasteiger partial charge on any atom is -0.351 e. The van der Waals surface area contributed by atoms with E-state index in [0.717, 1.165) is 4.47 Å². The third-order valence-electron chi connectivity index (χ3n) is 2.51. The summed E-state index contributed by atoms with van der Waals surface area (Å²) in [5, 5.41) is 2.38. The van der Waals surface area contributed by atoms with Crippen LogP contribution in [0.25, 0.3) is 0 Å². The largest absolute Gasteiger partial charge is 0.351 e. The molecule has 0 heterocycles. The van der Waals surface area contributed by atoms with E-state index in [2.05, 4.69) is 26.0 Å². The molecule has 2 rings (SSSR count). The third-order valence-corrected chi connectivity index (χ3v) is 4.43. The van der Waals surface area contributed by atoms with Crippen LogP contribution in [0.2, 0.25) is 0 Å². The number of primary amides is 1. The number of benzene rings is 2. The van der Waals surface area contributed by atoms with Gasteiger partial charge in [0.05, 0.1) is 10.6 Å². The standard InChI is InChI=1S/C13H12BrN3O3S/c14-9-4-6-12(7-5-9)21(19,20)17-11-3-1-2-10(8-11)16-13(15)18/h1-8,17H,(H3,15,16,18). The third kappa shape index (κ3) is 4.20. The molecule has 8 heteroatoms.